The van der Waals surface area contributed by atoms with E-state index in [1.807, 2.05) is 77.5 Å². The molecule has 0 fully saturated rings. The molecule has 0 saturated carbocycles. The molecule has 0 radical (unpaired) electrons. The Bertz CT molecular complexity index is 1230. The molecule has 32 heavy (non-hydrogen) atoms. The highest BCUT2D eigenvalue weighted by Gasteiger charge is 2.21. The van der Waals surface area contributed by atoms with Crippen molar-refractivity contribution < 1.29 is 14.3 Å². The maximum atomic E-state index is 12.6. The number of thiophene rings is 1. The number of rotatable bonds is 7. The lowest BCUT2D eigenvalue weighted by Gasteiger charge is -2.13. The lowest BCUT2D eigenvalue weighted by molar-refractivity contribution is -0.119. The van der Waals surface area contributed by atoms with Crippen molar-refractivity contribution in [3.05, 3.63) is 70.9 Å². The molecule has 162 valence electrons. The molecule has 0 unspecified atom stereocenters. The highest BCUT2D eigenvalue weighted by Crippen LogP contribution is 2.37. The fourth-order valence-electron chi connectivity index (χ4n) is 3.42. The van der Waals surface area contributed by atoms with Gasteiger partial charge in [0.15, 0.2) is 22.5 Å². The van der Waals surface area contributed by atoms with Crippen LogP contribution in [0.2, 0.25) is 0 Å². The quantitative estimate of drug-likeness (QED) is 0.400. The van der Waals surface area contributed by atoms with Gasteiger partial charge in [0.25, 0.3) is 0 Å². The Morgan fingerprint density at radius 2 is 1.97 bits per heavy atom. The smallest absolute Gasteiger partial charge is 0.231 e. The van der Waals surface area contributed by atoms with Crippen molar-refractivity contribution in [1.29, 1.82) is 0 Å². The average molecular weight is 465 g/mol. The number of ether oxygens (including phenoxy) is 2. The fourth-order valence-corrected chi connectivity index (χ4v) is 4.92. The number of hydrogen-bond donors (Lipinski definition) is 1. The zero-order valence-electron chi connectivity index (χ0n) is 17.2. The number of thioether (sulfide) groups is 1. The molecule has 0 aliphatic carbocycles. The van der Waals surface area contributed by atoms with Gasteiger partial charge in [-0.3, -0.25) is 9.36 Å². The number of amides is 1. The SMILES string of the molecule is C[C@H](NC(=O)CSc1nnc(-c2ccc3c(c2)OCO3)n1-c1ccccc1)c1cccs1. The Morgan fingerprint density at radius 3 is 2.78 bits per heavy atom. The second-order valence-corrected chi connectivity index (χ2v) is 9.06. The zero-order valence-corrected chi connectivity index (χ0v) is 18.9. The van der Waals surface area contributed by atoms with E-state index in [4.69, 9.17) is 9.47 Å². The second kappa shape index (κ2) is 9.05. The minimum absolute atomic E-state index is 0.0284. The predicted molar refractivity (Wildman–Crippen MR) is 125 cm³/mol. The van der Waals surface area contributed by atoms with E-state index in [2.05, 4.69) is 15.5 Å². The molecule has 9 heteroatoms. The van der Waals surface area contributed by atoms with Gasteiger partial charge in [0.05, 0.1) is 11.8 Å². The van der Waals surface area contributed by atoms with E-state index in [1.54, 1.807) is 11.3 Å². The van der Waals surface area contributed by atoms with E-state index in [0.717, 1.165) is 16.1 Å². The molecule has 3 heterocycles. The maximum absolute atomic E-state index is 12.6. The van der Waals surface area contributed by atoms with Gasteiger partial charge >= 0.3 is 0 Å². The summed E-state index contributed by atoms with van der Waals surface area (Å²) in [4.78, 5) is 13.7. The van der Waals surface area contributed by atoms with Crippen molar-refractivity contribution in [3.63, 3.8) is 0 Å². The summed E-state index contributed by atoms with van der Waals surface area (Å²) >= 11 is 2.98. The first-order valence-corrected chi connectivity index (χ1v) is 11.9. The summed E-state index contributed by atoms with van der Waals surface area (Å²) in [5, 5.41) is 14.5. The van der Waals surface area contributed by atoms with Crippen LogP contribution in [0, 0.1) is 0 Å². The number of carbonyl (C=O) groups excluding carboxylic acids is 1. The van der Waals surface area contributed by atoms with Crippen LogP contribution in [0.3, 0.4) is 0 Å². The third-order valence-electron chi connectivity index (χ3n) is 4.96. The summed E-state index contributed by atoms with van der Waals surface area (Å²) < 4.78 is 12.9. The number of para-hydroxylation sites is 1. The summed E-state index contributed by atoms with van der Waals surface area (Å²) in [7, 11) is 0. The van der Waals surface area contributed by atoms with Crippen LogP contribution < -0.4 is 14.8 Å². The number of nitrogens with one attached hydrogen (secondary N) is 1. The van der Waals surface area contributed by atoms with Gasteiger partial charge in [-0.2, -0.15) is 0 Å². The first kappa shape index (κ1) is 20.6. The van der Waals surface area contributed by atoms with E-state index in [-0.39, 0.29) is 24.5 Å². The third-order valence-corrected chi connectivity index (χ3v) is 6.94. The standard InChI is InChI=1S/C23H20N4O3S2/c1-15(20-8-5-11-31-20)24-21(28)13-32-23-26-25-22(27(23)17-6-3-2-4-7-17)16-9-10-18-19(12-16)30-14-29-18/h2-12,15H,13-14H2,1H3,(H,24,28)/t15-/m0/s1. The van der Waals surface area contributed by atoms with E-state index in [9.17, 15) is 4.79 Å². The van der Waals surface area contributed by atoms with Crippen LogP contribution in [0.15, 0.2) is 71.2 Å². The Labute approximate surface area is 193 Å². The van der Waals surface area contributed by atoms with Gasteiger partial charge < -0.3 is 14.8 Å². The number of aromatic nitrogens is 3. The lowest BCUT2D eigenvalue weighted by Crippen LogP contribution is -2.27. The van der Waals surface area contributed by atoms with E-state index in [1.165, 1.54) is 11.8 Å². The second-order valence-electron chi connectivity index (χ2n) is 7.14. The van der Waals surface area contributed by atoms with Gasteiger partial charge in [0, 0.05) is 16.1 Å². The van der Waals surface area contributed by atoms with E-state index < -0.39 is 0 Å². The molecule has 1 aliphatic rings. The van der Waals surface area contributed by atoms with E-state index in [0.29, 0.717) is 22.5 Å². The molecule has 0 saturated heterocycles. The maximum Gasteiger partial charge on any atom is 0.231 e. The predicted octanol–water partition coefficient (Wildman–Crippen LogP) is 4.69. The molecule has 1 aliphatic heterocycles. The first-order chi connectivity index (χ1) is 15.7. The van der Waals surface area contributed by atoms with Crippen molar-refractivity contribution in [3.8, 4) is 28.6 Å². The number of benzene rings is 2. The van der Waals surface area contributed by atoms with Crippen LogP contribution in [0.5, 0.6) is 11.5 Å². The van der Waals surface area contributed by atoms with Gasteiger partial charge in [-0.15, -0.1) is 21.5 Å². The van der Waals surface area contributed by atoms with Gasteiger partial charge in [0.1, 0.15) is 0 Å². The highest BCUT2D eigenvalue weighted by atomic mass is 32.2. The molecule has 0 spiro atoms. The van der Waals surface area contributed by atoms with Gasteiger partial charge in [-0.05, 0) is 48.7 Å². The van der Waals surface area contributed by atoms with Crippen molar-refractivity contribution >= 4 is 29.0 Å². The molecular weight excluding hydrogens is 444 g/mol. The van der Waals surface area contributed by atoms with Crippen LogP contribution >= 0.6 is 23.1 Å². The summed E-state index contributed by atoms with van der Waals surface area (Å²) in [5.41, 5.74) is 1.77. The molecule has 2 aromatic heterocycles. The van der Waals surface area contributed by atoms with Crippen LogP contribution in [0.4, 0.5) is 0 Å². The number of nitrogens with zero attached hydrogens (tertiary/aromatic N) is 3. The fraction of sp³-hybridized carbons (Fsp3) is 0.174. The number of carbonyl (C=O) groups is 1. The number of hydrogen-bond acceptors (Lipinski definition) is 7. The van der Waals surface area contributed by atoms with Crippen LogP contribution in [0.1, 0.15) is 17.8 Å². The van der Waals surface area contributed by atoms with Crippen LogP contribution in [-0.4, -0.2) is 33.2 Å². The summed E-state index contributed by atoms with van der Waals surface area (Å²) in [6.07, 6.45) is 0. The average Bonchev–Trinajstić information content (AvgIpc) is 3.58. The Kier molecular flexibility index (Phi) is 5.83. The first-order valence-electron chi connectivity index (χ1n) is 10.1. The van der Waals surface area contributed by atoms with Crippen molar-refractivity contribution in [1.82, 2.24) is 20.1 Å². The topological polar surface area (TPSA) is 78.3 Å². The third kappa shape index (κ3) is 4.21. The Morgan fingerprint density at radius 1 is 1.12 bits per heavy atom. The molecule has 1 amide bonds. The molecule has 5 rings (SSSR count). The normalized spacial score (nSPS) is 13.2. The Balaban J connectivity index is 1.40. The summed E-state index contributed by atoms with van der Waals surface area (Å²) in [5.74, 6) is 2.25. The minimum atomic E-state index is -0.0526. The molecule has 4 aromatic rings. The molecule has 2 aromatic carbocycles. The molecule has 0 bridgehead atoms. The van der Waals surface area contributed by atoms with Crippen molar-refractivity contribution in [2.75, 3.05) is 12.5 Å². The summed E-state index contributed by atoms with van der Waals surface area (Å²) in [6, 6.07) is 19.5. The highest BCUT2D eigenvalue weighted by molar-refractivity contribution is 7.99. The van der Waals surface area contributed by atoms with Crippen molar-refractivity contribution in [2.24, 2.45) is 0 Å². The van der Waals surface area contributed by atoms with Crippen LogP contribution in [-0.2, 0) is 4.79 Å². The molecule has 7 nitrogen and oxygen atoms in total. The van der Waals surface area contributed by atoms with Gasteiger partial charge in [-0.25, -0.2) is 0 Å². The lowest BCUT2D eigenvalue weighted by atomic mass is 10.2. The van der Waals surface area contributed by atoms with Gasteiger partial charge in [0.2, 0.25) is 12.7 Å². The molecule has 1 atom stereocenters. The monoisotopic (exact) mass is 464 g/mol. The minimum Gasteiger partial charge on any atom is -0.454 e. The largest absolute Gasteiger partial charge is 0.454 e. The molecule has 1 N–H and O–H groups in total. The van der Waals surface area contributed by atoms with E-state index >= 15 is 0 Å². The number of fused-ring (bicyclic) bond motifs is 1. The van der Waals surface area contributed by atoms with Gasteiger partial charge in [-0.1, -0.05) is 36.0 Å². The zero-order chi connectivity index (χ0) is 21.9. The Hall–Kier alpha value is -3.30. The molecular formula is C23H20N4O3S2. The van der Waals surface area contributed by atoms with Crippen molar-refractivity contribution in [2.45, 2.75) is 18.1 Å². The summed E-state index contributed by atoms with van der Waals surface area (Å²) in [6.45, 7) is 2.20. The van der Waals surface area contributed by atoms with Crippen LogP contribution in [0.25, 0.3) is 17.1 Å².